The molecule has 1 aromatic heterocycles. The van der Waals surface area contributed by atoms with Crippen molar-refractivity contribution in [2.24, 2.45) is 5.92 Å². The van der Waals surface area contributed by atoms with Crippen molar-refractivity contribution in [2.75, 3.05) is 0 Å². The van der Waals surface area contributed by atoms with E-state index in [0.29, 0.717) is 18.0 Å². The number of carboxylic acid groups (broad SMARTS) is 1. The SMILES string of the molecule is CC(C)Cc1c(C(=O)O)nnn1CC#N. The van der Waals surface area contributed by atoms with Gasteiger partial charge >= 0.3 is 5.97 Å². The van der Waals surface area contributed by atoms with Gasteiger partial charge in [-0.05, 0) is 12.3 Å². The van der Waals surface area contributed by atoms with E-state index in [1.54, 1.807) is 0 Å². The molecule has 0 fully saturated rings. The fourth-order valence-corrected chi connectivity index (χ4v) is 1.28. The van der Waals surface area contributed by atoms with Crippen molar-refractivity contribution in [1.82, 2.24) is 15.0 Å². The highest BCUT2D eigenvalue weighted by molar-refractivity contribution is 5.86. The molecule has 1 rings (SSSR count). The van der Waals surface area contributed by atoms with Gasteiger partial charge in [-0.2, -0.15) is 5.26 Å². The Bertz CT molecular complexity index is 403. The average Bonchev–Trinajstić information content (AvgIpc) is 2.48. The summed E-state index contributed by atoms with van der Waals surface area (Å²) >= 11 is 0. The van der Waals surface area contributed by atoms with E-state index in [-0.39, 0.29) is 12.2 Å². The summed E-state index contributed by atoms with van der Waals surface area (Å²) < 4.78 is 1.34. The number of carboxylic acids is 1. The Morgan fingerprint density at radius 1 is 1.67 bits per heavy atom. The van der Waals surface area contributed by atoms with Gasteiger partial charge in [-0.15, -0.1) is 5.10 Å². The zero-order valence-corrected chi connectivity index (χ0v) is 8.64. The van der Waals surface area contributed by atoms with Crippen LogP contribution >= 0.6 is 0 Å². The van der Waals surface area contributed by atoms with Gasteiger partial charge in [-0.3, -0.25) is 0 Å². The van der Waals surface area contributed by atoms with Crippen molar-refractivity contribution in [3.8, 4) is 6.07 Å². The maximum absolute atomic E-state index is 10.8. The first-order chi connectivity index (χ1) is 7.06. The number of rotatable bonds is 4. The Labute approximate surface area is 87.1 Å². The number of hydrogen-bond donors (Lipinski definition) is 1. The van der Waals surface area contributed by atoms with Gasteiger partial charge in [0.25, 0.3) is 0 Å². The zero-order chi connectivity index (χ0) is 11.4. The summed E-state index contributed by atoms with van der Waals surface area (Å²) in [6.07, 6.45) is 0.552. The maximum Gasteiger partial charge on any atom is 0.358 e. The van der Waals surface area contributed by atoms with Crippen LogP contribution in [0.3, 0.4) is 0 Å². The Balaban J connectivity index is 3.09. The van der Waals surface area contributed by atoms with Crippen molar-refractivity contribution in [1.29, 1.82) is 5.26 Å². The van der Waals surface area contributed by atoms with E-state index < -0.39 is 5.97 Å². The third-order valence-electron chi connectivity index (χ3n) is 1.86. The second-order valence-electron chi connectivity index (χ2n) is 3.60. The van der Waals surface area contributed by atoms with Crippen LogP contribution in [-0.4, -0.2) is 26.1 Å². The van der Waals surface area contributed by atoms with E-state index in [2.05, 4.69) is 10.3 Å². The number of carbonyl (C=O) groups is 1. The summed E-state index contributed by atoms with van der Waals surface area (Å²) in [7, 11) is 0. The van der Waals surface area contributed by atoms with Crippen LogP contribution in [0.1, 0.15) is 30.0 Å². The normalized spacial score (nSPS) is 10.3. The molecule has 0 aromatic carbocycles. The topological polar surface area (TPSA) is 91.8 Å². The molecule has 0 atom stereocenters. The highest BCUT2D eigenvalue weighted by Gasteiger charge is 2.19. The summed E-state index contributed by atoms with van der Waals surface area (Å²) in [5.74, 6) is -0.811. The molecule has 15 heavy (non-hydrogen) atoms. The van der Waals surface area contributed by atoms with Gasteiger partial charge in [0.2, 0.25) is 0 Å². The molecule has 0 saturated heterocycles. The molecule has 1 aromatic rings. The highest BCUT2D eigenvalue weighted by atomic mass is 16.4. The van der Waals surface area contributed by atoms with E-state index in [9.17, 15) is 4.79 Å². The van der Waals surface area contributed by atoms with E-state index in [4.69, 9.17) is 10.4 Å². The summed E-state index contributed by atoms with van der Waals surface area (Å²) in [4.78, 5) is 10.8. The number of hydrogen-bond acceptors (Lipinski definition) is 4. The lowest BCUT2D eigenvalue weighted by atomic mass is 10.1. The van der Waals surface area contributed by atoms with Crippen molar-refractivity contribution in [2.45, 2.75) is 26.8 Å². The third-order valence-corrected chi connectivity index (χ3v) is 1.86. The molecule has 0 radical (unpaired) electrons. The molecule has 6 heteroatoms. The van der Waals surface area contributed by atoms with Crippen LogP contribution in [0.2, 0.25) is 0 Å². The average molecular weight is 208 g/mol. The molecule has 0 aliphatic heterocycles. The van der Waals surface area contributed by atoms with E-state index in [0.717, 1.165) is 0 Å². The van der Waals surface area contributed by atoms with Crippen LogP contribution < -0.4 is 0 Å². The lowest BCUT2D eigenvalue weighted by Crippen LogP contribution is -2.10. The van der Waals surface area contributed by atoms with Crippen LogP contribution in [0.25, 0.3) is 0 Å². The molecule has 0 aliphatic rings. The van der Waals surface area contributed by atoms with Gasteiger partial charge < -0.3 is 5.11 Å². The number of nitrogens with zero attached hydrogens (tertiary/aromatic N) is 4. The molecule has 80 valence electrons. The van der Waals surface area contributed by atoms with Crippen molar-refractivity contribution < 1.29 is 9.90 Å². The van der Waals surface area contributed by atoms with E-state index in [1.807, 2.05) is 19.9 Å². The van der Waals surface area contributed by atoms with Crippen LogP contribution in [0.4, 0.5) is 0 Å². The molecule has 0 unspecified atom stereocenters. The molecular formula is C9H12N4O2. The second-order valence-corrected chi connectivity index (χ2v) is 3.60. The Morgan fingerprint density at radius 3 is 2.80 bits per heavy atom. The van der Waals surface area contributed by atoms with Gasteiger partial charge in [0.15, 0.2) is 5.69 Å². The number of aromatic nitrogens is 3. The monoisotopic (exact) mass is 208 g/mol. The number of aromatic carboxylic acids is 1. The quantitative estimate of drug-likeness (QED) is 0.786. The minimum atomic E-state index is -1.10. The standard InChI is InChI=1S/C9H12N4O2/c1-6(2)5-7-8(9(14)15)11-12-13(7)4-3-10/h6H,4-5H2,1-2H3,(H,14,15). The summed E-state index contributed by atoms with van der Waals surface area (Å²) in [6, 6.07) is 1.92. The van der Waals surface area contributed by atoms with Crippen LogP contribution in [0.5, 0.6) is 0 Å². The largest absolute Gasteiger partial charge is 0.476 e. The molecule has 0 spiro atoms. The maximum atomic E-state index is 10.8. The van der Waals surface area contributed by atoms with Crippen molar-refractivity contribution in [3.05, 3.63) is 11.4 Å². The van der Waals surface area contributed by atoms with Gasteiger partial charge in [0.05, 0.1) is 11.8 Å². The Morgan fingerprint density at radius 2 is 2.33 bits per heavy atom. The van der Waals surface area contributed by atoms with Crippen molar-refractivity contribution in [3.63, 3.8) is 0 Å². The van der Waals surface area contributed by atoms with Gasteiger partial charge in [-0.1, -0.05) is 19.1 Å². The van der Waals surface area contributed by atoms with Crippen molar-refractivity contribution >= 4 is 5.97 Å². The molecule has 0 amide bonds. The van der Waals surface area contributed by atoms with Crippen LogP contribution in [0, 0.1) is 17.2 Å². The van der Waals surface area contributed by atoms with Gasteiger partial charge in [0, 0.05) is 0 Å². The predicted octanol–water partition coefficient (Wildman–Crippen LogP) is 0.698. The molecule has 0 bridgehead atoms. The first kappa shape index (κ1) is 11.2. The first-order valence-corrected chi connectivity index (χ1v) is 4.58. The lowest BCUT2D eigenvalue weighted by Gasteiger charge is -2.05. The zero-order valence-electron chi connectivity index (χ0n) is 8.64. The van der Waals surface area contributed by atoms with E-state index >= 15 is 0 Å². The van der Waals surface area contributed by atoms with Gasteiger partial charge in [-0.25, -0.2) is 9.48 Å². The fourth-order valence-electron chi connectivity index (χ4n) is 1.28. The van der Waals surface area contributed by atoms with Gasteiger partial charge in [0.1, 0.15) is 6.54 Å². The highest BCUT2D eigenvalue weighted by Crippen LogP contribution is 2.11. The summed E-state index contributed by atoms with van der Waals surface area (Å²) in [5, 5.41) is 24.6. The molecule has 0 aliphatic carbocycles. The molecule has 1 N–H and O–H groups in total. The third kappa shape index (κ3) is 2.53. The Kier molecular flexibility index (Phi) is 3.39. The molecular weight excluding hydrogens is 196 g/mol. The molecule has 1 heterocycles. The second kappa shape index (κ2) is 4.55. The fraction of sp³-hybridized carbons (Fsp3) is 0.556. The number of nitriles is 1. The minimum absolute atomic E-state index is 0.0301. The lowest BCUT2D eigenvalue weighted by molar-refractivity contribution is 0.0689. The Hall–Kier alpha value is -1.90. The minimum Gasteiger partial charge on any atom is -0.476 e. The van der Waals surface area contributed by atoms with Crippen LogP contribution in [0.15, 0.2) is 0 Å². The molecule has 6 nitrogen and oxygen atoms in total. The summed E-state index contributed by atoms with van der Waals surface area (Å²) in [5.41, 5.74) is 0.456. The van der Waals surface area contributed by atoms with E-state index in [1.165, 1.54) is 4.68 Å². The molecule has 0 saturated carbocycles. The van der Waals surface area contributed by atoms with Crippen LogP contribution in [-0.2, 0) is 13.0 Å². The smallest absolute Gasteiger partial charge is 0.358 e. The summed E-state index contributed by atoms with van der Waals surface area (Å²) in [6.45, 7) is 3.97. The first-order valence-electron chi connectivity index (χ1n) is 4.58. The predicted molar refractivity (Wildman–Crippen MR) is 51.1 cm³/mol.